The number of ether oxygens (including phenoxy) is 1. The van der Waals surface area contributed by atoms with Crippen LogP contribution >= 0.6 is 0 Å². The molecule has 0 saturated carbocycles. The lowest BCUT2D eigenvalue weighted by atomic mass is 9.98. The quantitative estimate of drug-likeness (QED) is 0.490. The summed E-state index contributed by atoms with van der Waals surface area (Å²) in [7, 11) is 0. The van der Waals surface area contributed by atoms with Crippen molar-refractivity contribution in [3.05, 3.63) is 0 Å². The summed E-state index contributed by atoms with van der Waals surface area (Å²) in [5.74, 6) is 0. The highest BCUT2D eigenvalue weighted by Gasteiger charge is 2.39. The van der Waals surface area contributed by atoms with Crippen molar-refractivity contribution in [1.29, 1.82) is 0 Å². The van der Waals surface area contributed by atoms with Crippen molar-refractivity contribution in [3.63, 3.8) is 0 Å². The molecule has 0 aromatic carbocycles. The van der Waals surface area contributed by atoms with E-state index in [-0.39, 0.29) is 12.2 Å². The molecule has 8 heavy (non-hydrogen) atoms. The maximum absolute atomic E-state index is 9.09. The standard InChI is InChI=1S/C6H10O2/c7-5-3-4-1-2-6(5)8-4/h4-7H,1-3H2/t4-,5?,6+/m1/s1. The van der Waals surface area contributed by atoms with Gasteiger partial charge in [-0.15, -0.1) is 0 Å². The van der Waals surface area contributed by atoms with Crippen LogP contribution in [0.2, 0.25) is 0 Å². The maximum Gasteiger partial charge on any atom is 0.0839 e. The van der Waals surface area contributed by atoms with Crippen LogP contribution < -0.4 is 0 Å². The summed E-state index contributed by atoms with van der Waals surface area (Å²) in [6, 6.07) is 0. The Balaban J connectivity index is 2.11. The fourth-order valence-electron chi connectivity index (χ4n) is 1.61. The monoisotopic (exact) mass is 114 g/mol. The van der Waals surface area contributed by atoms with E-state index in [4.69, 9.17) is 9.84 Å². The molecule has 0 amide bonds. The van der Waals surface area contributed by atoms with Crippen LogP contribution in [0.5, 0.6) is 0 Å². The average Bonchev–Trinajstić information content (AvgIpc) is 2.23. The predicted octanol–water partition coefficient (Wildman–Crippen LogP) is 0.299. The van der Waals surface area contributed by atoms with Crippen molar-refractivity contribution >= 4 is 0 Å². The van der Waals surface area contributed by atoms with Gasteiger partial charge < -0.3 is 9.84 Å². The van der Waals surface area contributed by atoms with Gasteiger partial charge in [0, 0.05) is 6.42 Å². The molecule has 0 aromatic heterocycles. The maximum atomic E-state index is 9.09. The molecular weight excluding hydrogens is 104 g/mol. The third kappa shape index (κ3) is 0.501. The van der Waals surface area contributed by atoms with Crippen LogP contribution in [0, 0.1) is 0 Å². The second-order valence-electron chi connectivity index (χ2n) is 2.68. The SMILES string of the molecule is OC1C[C@H]2CC[C@@H]1O2. The predicted molar refractivity (Wildman–Crippen MR) is 28.5 cm³/mol. The van der Waals surface area contributed by atoms with Gasteiger partial charge in [-0.3, -0.25) is 0 Å². The van der Waals surface area contributed by atoms with E-state index in [2.05, 4.69) is 0 Å². The van der Waals surface area contributed by atoms with Gasteiger partial charge in [-0.25, -0.2) is 0 Å². The van der Waals surface area contributed by atoms with Gasteiger partial charge in [-0.1, -0.05) is 0 Å². The summed E-state index contributed by atoms with van der Waals surface area (Å²) in [4.78, 5) is 0. The molecule has 1 N–H and O–H groups in total. The number of aliphatic hydroxyl groups is 1. The van der Waals surface area contributed by atoms with Crippen molar-refractivity contribution < 1.29 is 9.84 Å². The molecule has 2 heterocycles. The first-order chi connectivity index (χ1) is 3.86. The topological polar surface area (TPSA) is 29.5 Å². The Morgan fingerprint density at radius 3 is 2.50 bits per heavy atom. The Hall–Kier alpha value is -0.0800. The van der Waals surface area contributed by atoms with E-state index in [1.807, 2.05) is 0 Å². The molecule has 1 unspecified atom stereocenters. The molecule has 2 fully saturated rings. The molecule has 0 aromatic rings. The second-order valence-corrected chi connectivity index (χ2v) is 2.68. The van der Waals surface area contributed by atoms with Crippen LogP contribution in [-0.2, 0) is 4.74 Å². The highest BCUT2D eigenvalue weighted by atomic mass is 16.5. The van der Waals surface area contributed by atoms with Crippen molar-refractivity contribution in [2.24, 2.45) is 0 Å². The third-order valence-electron chi connectivity index (χ3n) is 2.07. The van der Waals surface area contributed by atoms with E-state index in [0.29, 0.717) is 6.10 Å². The first kappa shape index (κ1) is 4.77. The second kappa shape index (κ2) is 1.45. The zero-order valence-corrected chi connectivity index (χ0v) is 4.71. The highest BCUT2D eigenvalue weighted by Crippen LogP contribution is 2.33. The summed E-state index contributed by atoms with van der Waals surface area (Å²) >= 11 is 0. The van der Waals surface area contributed by atoms with Gasteiger partial charge >= 0.3 is 0 Å². The summed E-state index contributed by atoms with van der Waals surface area (Å²) in [5.41, 5.74) is 0. The number of hydrogen-bond acceptors (Lipinski definition) is 2. The molecule has 2 nitrogen and oxygen atoms in total. The lowest BCUT2D eigenvalue weighted by molar-refractivity contribution is 0.0536. The molecule has 2 bridgehead atoms. The highest BCUT2D eigenvalue weighted by molar-refractivity contribution is 4.88. The van der Waals surface area contributed by atoms with E-state index in [0.717, 1.165) is 12.8 Å². The van der Waals surface area contributed by atoms with E-state index < -0.39 is 0 Å². The molecule has 2 heteroatoms. The fraction of sp³-hybridized carbons (Fsp3) is 1.00. The lowest BCUT2D eigenvalue weighted by Crippen LogP contribution is -2.20. The van der Waals surface area contributed by atoms with Crippen LogP contribution in [0.3, 0.4) is 0 Å². The van der Waals surface area contributed by atoms with Crippen LogP contribution in [0.4, 0.5) is 0 Å². The average molecular weight is 114 g/mol. The van der Waals surface area contributed by atoms with Crippen LogP contribution in [0.1, 0.15) is 19.3 Å². The number of rotatable bonds is 0. The summed E-state index contributed by atoms with van der Waals surface area (Å²) in [6.07, 6.45) is 3.57. The van der Waals surface area contributed by atoms with Crippen molar-refractivity contribution in [3.8, 4) is 0 Å². The van der Waals surface area contributed by atoms with E-state index in [9.17, 15) is 0 Å². The van der Waals surface area contributed by atoms with E-state index in [1.54, 1.807) is 0 Å². The summed E-state index contributed by atoms with van der Waals surface area (Å²) in [6.45, 7) is 0. The molecule has 0 aliphatic carbocycles. The summed E-state index contributed by atoms with van der Waals surface area (Å²) < 4.78 is 5.33. The van der Waals surface area contributed by atoms with E-state index >= 15 is 0 Å². The van der Waals surface area contributed by atoms with Crippen molar-refractivity contribution in [1.82, 2.24) is 0 Å². The van der Waals surface area contributed by atoms with Gasteiger partial charge in [0.2, 0.25) is 0 Å². The Morgan fingerprint density at radius 1 is 1.38 bits per heavy atom. The van der Waals surface area contributed by atoms with Crippen LogP contribution in [0.25, 0.3) is 0 Å². The van der Waals surface area contributed by atoms with Gasteiger partial charge in [0.15, 0.2) is 0 Å². The van der Waals surface area contributed by atoms with Gasteiger partial charge in [-0.05, 0) is 12.8 Å². The molecule has 0 spiro atoms. The summed E-state index contributed by atoms with van der Waals surface area (Å²) in [5, 5.41) is 9.09. The lowest BCUT2D eigenvalue weighted by Gasteiger charge is -2.10. The van der Waals surface area contributed by atoms with Gasteiger partial charge in [0.05, 0.1) is 18.3 Å². The van der Waals surface area contributed by atoms with Gasteiger partial charge in [0.25, 0.3) is 0 Å². The number of fused-ring (bicyclic) bond motifs is 2. The zero-order chi connectivity index (χ0) is 5.56. The molecule has 2 aliphatic heterocycles. The minimum Gasteiger partial charge on any atom is -0.390 e. The molecular formula is C6H10O2. The molecule has 46 valence electrons. The minimum atomic E-state index is -0.145. The largest absolute Gasteiger partial charge is 0.390 e. The van der Waals surface area contributed by atoms with Gasteiger partial charge in [-0.2, -0.15) is 0 Å². The van der Waals surface area contributed by atoms with Crippen molar-refractivity contribution in [2.75, 3.05) is 0 Å². The molecule has 2 saturated heterocycles. The Morgan fingerprint density at radius 2 is 2.25 bits per heavy atom. The number of aliphatic hydroxyl groups excluding tert-OH is 1. The molecule has 3 atom stereocenters. The van der Waals surface area contributed by atoms with Crippen LogP contribution in [0.15, 0.2) is 0 Å². The Kier molecular flexibility index (Phi) is 0.866. The zero-order valence-electron chi connectivity index (χ0n) is 4.71. The fourth-order valence-corrected chi connectivity index (χ4v) is 1.61. The smallest absolute Gasteiger partial charge is 0.0839 e. The first-order valence-electron chi connectivity index (χ1n) is 3.20. The van der Waals surface area contributed by atoms with Crippen molar-refractivity contribution in [2.45, 2.75) is 37.6 Å². The molecule has 2 aliphatic rings. The van der Waals surface area contributed by atoms with E-state index in [1.165, 1.54) is 6.42 Å². The van der Waals surface area contributed by atoms with Gasteiger partial charge in [0.1, 0.15) is 0 Å². The molecule has 0 radical (unpaired) electrons. The molecule has 2 rings (SSSR count). The number of hydrogen-bond donors (Lipinski definition) is 1. The minimum absolute atomic E-state index is 0.145. The Labute approximate surface area is 48.5 Å². The first-order valence-corrected chi connectivity index (χ1v) is 3.20. The Bertz CT molecular complexity index is 101. The normalized spacial score (nSPS) is 52.9. The third-order valence-corrected chi connectivity index (χ3v) is 2.07. The van der Waals surface area contributed by atoms with Crippen LogP contribution in [-0.4, -0.2) is 23.4 Å².